The summed E-state index contributed by atoms with van der Waals surface area (Å²) in [7, 11) is -14.8. The third kappa shape index (κ3) is 35.1. The fraction of sp³-hybridized carbons (Fsp3) is 0.137. The molecule has 4 aromatic heterocycles. The molecule has 0 aliphatic heterocycles. The Morgan fingerprint density at radius 2 is 0.617 bits per heavy atom. The number of aromatic nitrogens is 4. The minimum atomic E-state index is -3.99. The van der Waals surface area contributed by atoms with Crippen LogP contribution in [0.25, 0.3) is 89.5 Å². The first-order valence-electron chi connectivity index (χ1n) is 32.5. The van der Waals surface area contributed by atoms with Crippen molar-refractivity contribution in [3.05, 3.63) is 241 Å². The van der Waals surface area contributed by atoms with Crippen molar-refractivity contribution in [2.75, 3.05) is 0 Å². The Bertz CT molecular complexity index is 5370. The van der Waals surface area contributed by atoms with E-state index in [1.165, 1.54) is 48.5 Å². The first-order valence-corrected chi connectivity index (χ1v) is 87.1. The van der Waals surface area contributed by atoms with E-state index in [9.17, 15) is 48.4 Å². The summed E-state index contributed by atoms with van der Waals surface area (Å²) in [6.45, 7) is 12.0. The molecular weight excluding hydrogens is 2930 g/mol. The number of hydrogen-bond acceptors (Lipinski definition) is 19. The van der Waals surface area contributed by atoms with E-state index >= 15 is 0 Å². The number of nitrogens with zero attached hydrogens (tertiary/aromatic N) is 5. The first-order chi connectivity index (χ1) is 54.0. The number of benzene rings is 8. The minimum Gasteiger partial charge on any atom is 1.00 e. The van der Waals surface area contributed by atoms with Gasteiger partial charge in [0.15, 0.2) is 0 Å². The topological polar surface area (TPSA) is 360 Å². The maximum Gasteiger partial charge on any atom is 1.00 e. The van der Waals surface area contributed by atoms with E-state index in [0.29, 0.717) is 62.8 Å². The van der Waals surface area contributed by atoms with Gasteiger partial charge in [-0.15, -0.1) is 0 Å². The summed E-state index contributed by atoms with van der Waals surface area (Å²) in [6.07, 6.45) is 0.229. The summed E-state index contributed by atoms with van der Waals surface area (Å²) in [5.74, 6) is 0.811. The van der Waals surface area contributed by atoms with Crippen molar-refractivity contribution in [1.82, 2.24) is 30.1 Å². The third-order valence-corrected chi connectivity index (χ3v) is 20.1. The minimum absolute atomic E-state index is 0. The second-order valence-electron chi connectivity index (χ2n) is 22.5. The molecule has 0 unspecified atom stereocenters. The Labute approximate surface area is 825 Å². The average molecular weight is 3000 g/mol. The van der Waals surface area contributed by atoms with Crippen LogP contribution in [0.5, 0.6) is 0 Å². The Kier molecular flexibility index (Phi) is 50.6. The van der Waals surface area contributed by atoms with Crippen LogP contribution in [0.3, 0.4) is 0 Å². The van der Waals surface area contributed by atoms with E-state index in [4.69, 9.17) is 23.2 Å². The average Bonchev–Trinajstić information content (AvgIpc) is 1.62. The molecule has 0 radical (unpaired) electrons. The summed E-state index contributed by atoms with van der Waals surface area (Å²) in [5, 5.41) is 33.0. The van der Waals surface area contributed by atoms with Crippen LogP contribution in [0, 0.1) is 27.7 Å². The molecule has 0 spiro atoms. The summed E-state index contributed by atoms with van der Waals surface area (Å²) in [4.78, 5) is 22.3. The summed E-state index contributed by atoms with van der Waals surface area (Å²) >= 11 is 24.8. The van der Waals surface area contributed by atoms with Gasteiger partial charge in [0.2, 0.25) is 21.8 Å². The van der Waals surface area contributed by atoms with Gasteiger partial charge >= 0.3 is 259 Å². The number of sulfonamides is 4. The first kappa shape index (κ1) is 107. The van der Waals surface area contributed by atoms with Gasteiger partial charge in [-0.2, -0.15) is 12.8 Å². The molecule has 0 fully saturated rings. The predicted octanol–water partition coefficient (Wildman–Crippen LogP) is 16.1. The maximum absolute atomic E-state index is 12.2. The van der Waals surface area contributed by atoms with E-state index in [1.807, 2.05) is 138 Å². The molecular formula is C73H67I11N8NaO15S4V3-. The van der Waals surface area contributed by atoms with Gasteiger partial charge in [-0.05, 0) is 111 Å². The van der Waals surface area contributed by atoms with Crippen molar-refractivity contribution < 1.29 is 129 Å². The molecule has 0 aliphatic rings. The summed E-state index contributed by atoms with van der Waals surface area (Å²) in [6, 6.07) is 63.5. The standard InChI is InChI=1S/3C19H18N2O4S.C16H14N2O3S.I3.8HI.Na.3V/c3*1-3-17(22)21-26(23,24)16-11-9-14(10-12-16)18-13(2)25-20-19(18)15-7-5-4-6-8-15;1-11-15(12-7-9-14(10-8-12)22(17,19)20)16(18-21-11)13-5-3-2-4-6-13;1-3-2;;;;;;;;;;;;/h3*4-12H,3H2,1-2H3,(H,21,22);2-10H,1H3,(H2,17,19,20);;8*1H;;;;/q;;;;-1;;;;;;;;;+1;+2;2*+3/p-9. The van der Waals surface area contributed by atoms with Crippen molar-refractivity contribution >= 4 is 255 Å². The zero-order chi connectivity index (χ0) is 84.5. The number of carbonyl (C=O) groups excluding carboxylic acids is 2. The van der Waals surface area contributed by atoms with Crippen molar-refractivity contribution in [1.29, 1.82) is 0 Å². The van der Waals surface area contributed by atoms with Crippen LogP contribution in [-0.4, -0.2) is 72.0 Å². The number of amides is 2. The molecule has 12 rings (SSSR count). The van der Waals surface area contributed by atoms with E-state index < -0.39 is 57.8 Å². The second-order valence-corrected chi connectivity index (χ2v) is 128. The summed E-state index contributed by atoms with van der Waals surface area (Å²) < 4.78 is 124. The molecule has 8 aromatic carbocycles. The van der Waals surface area contributed by atoms with Crippen LogP contribution in [0.2, 0.25) is 0 Å². The van der Waals surface area contributed by atoms with E-state index in [2.05, 4.69) is 222 Å². The van der Waals surface area contributed by atoms with Gasteiger partial charge in [0.05, 0.1) is 41.8 Å². The fourth-order valence-corrected chi connectivity index (χ4v) is 13.7. The number of nitrogens with two attached hydrogens (primary N) is 1. The zero-order valence-corrected chi connectivity index (χ0v) is 94.7. The molecule has 0 saturated heterocycles. The van der Waals surface area contributed by atoms with E-state index in [0.717, 1.165) is 72.5 Å². The van der Waals surface area contributed by atoms with Crippen LogP contribution in [0.4, 0.5) is 0 Å². The monoisotopic (exact) mass is 3000 g/mol. The number of carbonyl (C=O) groups is 2. The predicted molar refractivity (Wildman–Crippen MR) is 516 cm³/mol. The van der Waals surface area contributed by atoms with Crippen molar-refractivity contribution in [2.45, 2.75) is 87.3 Å². The molecule has 2 amide bonds. The van der Waals surface area contributed by atoms with Gasteiger partial charge in [-0.1, -0.05) is 211 Å². The van der Waals surface area contributed by atoms with Gasteiger partial charge in [-0.3, -0.25) is 9.59 Å². The molecule has 115 heavy (non-hydrogen) atoms. The van der Waals surface area contributed by atoms with Crippen molar-refractivity contribution in [3.8, 4) is 89.5 Å². The van der Waals surface area contributed by atoms with Crippen LogP contribution in [0.1, 0.15) is 63.1 Å². The Morgan fingerprint density at radius 1 is 0.409 bits per heavy atom. The number of nitrogens with one attached hydrogen (secondary N) is 2. The largest absolute Gasteiger partial charge is 1.00 e. The normalized spacial score (nSPS) is 11.0. The SMILES string of the molecule is CCC(=O)NS(=O)(=O)c1ccc(-c2c(-c3ccccc3)noc2C)cc1.CCC(=O)NS(=O)(=O)c1ccc(-c2c(-c3ccccc3)noc2C)cc1.CCC([O-])=NS(=O)(=O)c1ccc(-c2c(-c3ccccc3)noc2C)cc1.Cc1onc(-c2ccccc2)c1-c1ccc(S(N)(=O)=O)cc1.I[I-]I.[I][V]([I])[I].[I][V]([I])[I].[I][V][I].[Na+]. The zero-order valence-electron chi connectivity index (χ0n) is 61.5. The van der Waals surface area contributed by atoms with Gasteiger partial charge in [-0.25, -0.2) is 39.8 Å². The Morgan fingerprint density at radius 3 is 0.817 bits per heavy atom. The van der Waals surface area contributed by atoms with Gasteiger partial charge in [0.25, 0.3) is 30.1 Å². The van der Waals surface area contributed by atoms with Gasteiger partial charge in [0.1, 0.15) is 45.8 Å². The smallest absolute Gasteiger partial charge is 1.00 e. The molecule has 0 aliphatic carbocycles. The molecule has 0 saturated carbocycles. The number of hydrogen-bond donors (Lipinski definition) is 3. The molecule has 4 N–H and O–H groups in total. The number of aryl methyl sites for hydroxylation is 4. The van der Waals surface area contributed by atoms with Crippen molar-refractivity contribution in [2.24, 2.45) is 9.54 Å². The number of primary sulfonamides is 1. The molecule has 23 nitrogen and oxygen atoms in total. The quantitative estimate of drug-likeness (QED) is 0.0311. The Balaban J connectivity index is 0.000000305. The van der Waals surface area contributed by atoms with E-state index in [-0.39, 0.29) is 78.2 Å². The van der Waals surface area contributed by atoms with Crippen molar-refractivity contribution in [3.63, 3.8) is 0 Å². The van der Waals surface area contributed by atoms with Gasteiger partial charge in [0, 0.05) is 35.1 Å². The molecule has 12 aromatic rings. The van der Waals surface area contributed by atoms with Crippen LogP contribution < -0.4 is 62.5 Å². The molecule has 42 heteroatoms. The third-order valence-electron chi connectivity index (χ3n) is 15.1. The molecule has 607 valence electrons. The van der Waals surface area contributed by atoms with Gasteiger partial charge < -0.3 is 23.2 Å². The fourth-order valence-electron chi connectivity index (χ4n) is 10.0. The second kappa shape index (κ2) is 54.4. The van der Waals surface area contributed by atoms with E-state index in [1.54, 1.807) is 90.1 Å². The maximum atomic E-state index is 12.2. The van der Waals surface area contributed by atoms with Crippen LogP contribution in [0.15, 0.2) is 260 Å². The van der Waals surface area contributed by atoms with Crippen LogP contribution >= 0.6 is 197 Å². The number of rotatable bonds is 18. The molecule has 0 atom stereocenters. The summed E-state index contributed by atoms with van der Waals surface area (Å²) in [5.41, 5.74) is 12.8. The molecule has 4 heterocycles. The molecule has 0 bridgehead atoms. The van der Waals surface area contributed by atoms with Crippen LogP contribution in [-0.2, 0) is 69.0 Å². The number of halogens is 11. The Hall–Kier alpha value is -0.447.